The molecule has 74 valence electrons. The maximum absolute atomic E-state index is 8.09. The minimum atomic E-state index is 0.334. The van der Waals surface area contributed by atoms with Gasteiger partial charge in [-0.2, -0.15) is 5.10 Å². The van der Waals surface area contributed by atoms with Gasteiger partial charge in [0.05, 0.1) is 6.20 Å². The van der Waals surface area contributed by atoms with E-state index in [4.69, 9.17) is 5.53 Å². The molecule has 0 aliphatic heterocycles. The molecule has 15 heavy (non-hydrogen) atoms. The monoisotopic (exact) mass is 200 g/mol. The van der Waals surface area contributed by atoms with Gasteiger partial charge in [-0.25, -0.2) is 9.50 Å². The van der Waals surface area contributed by atoms with E-state index < -0.39 is 0 Å². The van der Waals surface area contributed by atoms with Crippen LogP contribution < -0.4 is 0 Å². The molecule has 0 spiro atoms. The van der Waals surface area contributed by atoms with Crippen molar-refractivity contribution in [2.24, 2.45) is 5.11 Å². The van der Waals surface area contributed by atoms with Gasteiger partial charge in [0.1, 0.15) is 0 Å². The van der Waals surface area contributed by atoms with Crippen molar-refractivity contribution in [3.63, 3.8) is 0 Å². The molecule has 2 aromatic rings. The van der Waals surface area contributed by atoms with E-state index in [0.717, 1.165) is 11.2 Å². The molecule has 0 unspecified atom stereocenters. The zero-order chi connectivity index (χ0) is 10.5. The average Bonchev–Trinajstić information content (AvgIpc) is 2.68. The van der Waals surface area contributed by atoms with Crippen LogP contribution in [0.2, 0.25) is 0 Å². The Labute approximate surface area is 85.5 Å². The molecule has 0 aromatic carbocycles. The fourth-order valence-corrected chi connectivity index (χ4v) is 1.23. The predicted octanol–water partition coefficient (Wildman–Crippen LogP) is 2.05. The largest absolute Gasteiger partial charge is 0.236 e. The van der Waals surface area contributed by atoms with Gasteiger partial charge in [0, 0.05) is 29.4 Å². The molecule has 0 aliphatic rings. The first-order chi connectivity index (χ1) is 7.42. The summed E-state index contributed by atoms with van der Waals surface area (Å²) in [5, 5.41) is 7.51. The number of nitrogens with zero attached hydrogens (tertiary/aromatic N) is 6. The summed E-state index contributed by atoms with van der Waals surface area (Å²) < 4.78 is 1.69. The molecule has 0 aliphatic carbocycles. The molecule has 0 saturated heterocycles. The van der Waals surface area contributed by atoms with Crippen molar-refractivity contribution in [1.29, 1.82) is 0 Å². The Morgan fingerprint density at radius 1 is 1.60 bits per heavy atom. The number of rotatable bonds is 3. The normalized spacial score (nSPS) is 10.7. The number of azide groups is 1. The Morgan fingerprint density at radius 2 is 2.53 bits per heavy atom. The molecular weight excluding hydrogens is 192 g/mol. The lowest BCUT2D eigenvalue weighted by molar-refractivity contribution is 0.939. The maximum Gasteiger partial charge on any atom is 0.162 e. The molecule has 0 atom stereocenters. The molecule has 6 heteroatoms. The highest BCUT2D eigenvalue weighted by Crippen LogP contribution is 2.08. The molecule has 2 aromatic heterocycles. The van der Waals surface area contributed by atoms with E-state index in [-0.39, 0.29) is 0 Å². The van der Waals surface area contributed by atoms with Crippen molar-refractivity contribution in [2.75, 3.05) is 6.54 Å². The van der Waals surface area contributed by atoms with Gasteiger partial charge in [0.2, 0.25) is 0 Å². The fraction of sp³-hybridized carbons (Fsp3) is 0.111. The Hall–Kier alpha value is -2.33. The van der Waals surface area contributed by atoms with Crippen LogP contribution in [0.25, 0.3) is 22.2 Å². The molecule has 0 amide bonds. The SMILES string of the molecule is [N-]=[N+]=NCC=Cc1cnn2cccnc12. The summed E-state index contributed by atoms with van der Waals surface area (Å²) in [6, 6.07) is 1.81. The Balaban J connectivity index is 2.28. The smallest absolute Gasteiger partial charge is 0.162 e. The van der Waals surface area contributed by atoms with Crippen LogP contribution >= 0.6 is 0 Å². The Bertz CT molecular complexity index is 534. The van der Waals surface area contributed by atoms with Gasteiger partial charge in [-0.1, -0.05) is 17.3 Å². The van der Waals surface area contributed by atoms with E-state index in [9.17, 15) is 0 Å². The first kappa shape index (κ1) is 9.23. The zero-order valence-corrected chi connectivity index (χ0v) is 7.85. The van der Waals surface area contributed by atoms with E-state index >= 15 is 0 Å². The summed E-state index contributed by atoms with van der Waals surface area (Å²) in [5.74, 6) is 0. The molecule has 2 heterocycles. The van der Waals surface area contributed by atoms with Crippen LogP contribution in [0.4, 0.5) is 0 Å². The minimum Gasteiger partial charge on any atom is -0.236 e. The standard InChI is InChI=1S/C9H8N6/c10-14-12-5-1-3-8-7-13-15-6-2-4-11-9(8)15/h1-4,6-7H,5H2. The summed E-state index contributed by atoms with van der Waals surface area (Å²) >= 11 is 0. The molecule has 0 bridgehead atoms. The second-order valence-electron chi connectivity index (χ2n) is 2.80. The van der Waals surface area contributed by atoms with Crippen LogP contribution in [-0.4, -0.2) is 21.1 Å². The van der Waals surface area contributed by atoms with Crippen molar-refractivity contribution in [3.8, 4) is 0 Å². The van der Waals surface area contributed by atoms with Crippen LogP contribution in [0.5, 0.6) is 0 Å². The van der Waals surface area contributed by atoms with Crippen molar-refractivity contribution in [1.82, 2.24) is 14.6 Å². The van der Waals surface area contributed by atoms with Crippen LogP contribution in [0.1, 0.15) is 5.56 Å². The first-order valence-corrected chi connectivity index (χ1v) is 4.37. The van der Waals surface area contributed by atoms with Crippen molar-refractivity contribution >= 4 is 11.7 Å². The van der Waals surface area contributed by atoms with E-state index in [0.29, 0.717) is 6.54 Å². The number of hydrogen-bond acceptors (Lipinski definition) is 3. The third-order valence-electron chi connectivity index (χ3n) is 1.85. The van der Waals surface area contributed by atoms with Gasteiger partial charge in [-0.3, -0.25) is 0 Å². The van der Waals surface area contributed by atoms with Crippen LogP contribution in [0, 0.1) is 0 Å². The Kier molecular flexibility index (Phi) is 2.62. The second kappa shape index (κ2) is 4.26. The maximum atomic E-state index is 8.09. The van der Waals surface area contributed by atoms with Crippen molar-refractivity contribution < 1.29 is 0 Å². The molecule has 6 nitrogen and oxygen atoms in total. The van der Waals surface area contributed by atoms with Crippen molar-refractivity contribution in [2.45, 2.75) is 0 Å². The summed E-state index contributed by atoms with van der Waals surface area (Å²) in [5.41, 5.74) is 9.78. The molecule has 2 rings (SSSR count). The number of hydrogen-bond donors (Lipinski definition) is 0. The highest BCUT2D eigenvalue weighted by atomic mass is 15.2. The molecule has 0 fully saturated rings. The lowest BCUT2D eigenvalue weighted by atomic mass is 10.3. The second-order valence-corrected chi connectivity index (χ2v) is 2.80. The predicted molar refractivity (Wildman–Crippen MR) is 56.0 cm³/mol. The topological polar surface area (TPSA) is 79.0 Å². The first-order valence-electron chi connectivity index (χ1n) is 4.37. The molecule has 0 radical (unpaired) electrons. The van der Waals surface area contributed by atoms with E-state index in [1.54, 1.807) is 23.0 Å². The van der Waals surface area contributed by atoms with Crippen molar-refractivity contribution in [3.05, 3.63) is 46.7 Å². The van der Waals surface area contributed by atoms with Gasteiger partial charge in [0.25, 0.3) is 0 Å². The van der Waals surface area contributed by atoms with Gasteiger partial charge >= 0.3 is 0 Å². The molecular formula is C9H8N6. The lowest BCUT2D eigenvalue weighted by Crippen LogP contribution is -1.87. The van der Waals surface area contributed by atoms with Gasteiger partial charge in [-0.05, 0) is 11.6 Å². The van der Waals surface area contributed by atoms with Crippen LogP contribution in [0.3, 0.4) is 0 Å². The summed E-state index contributed by atoms with van der Waals surface area (Å²) in [4.78, 5) is 6.84. The fourth-order valence-electron chi connectivity index (χ4n) is 1.23. The van der Waals surface area contributed by atoms with Crippen LogP contribution in [0.15, 0.2) is 35.8 Å². The molecule has 0 saturated carbocycles. The summed E-state index contributed by atoms with van der Waals surface area (Å²) in [6.07, 6.45) is 8.86. The summed E-state index contributed by atoms with van der Waals surface area (Å²) in [7, 11) is 0. The molecule has 0 N–H and O–H groups in total. The minimum absolute atomic E-state index is 0.334. The number of fused-ring (bicyclic) bond motifs is 1. The highest BCUT2D eigenvalue weighted by molar-refractivity contribution is 5.64. The van der Waals surface area contributed by atoms with Gasteiger partial charge < -0.3 is 0 Å². The van der Waals surface area contributed by atoms with E-state index in [1.165, 1.54) is 0 Å². The third-order valence-corrected chi connectivity index (χ3v) is 1.85. The third kappa shape index (κ3) is 1.95. The van der Waals surface area contributed by atoms with E-state index in [1.807, 2.05) is 18.3 Å². The Morgan fingerprint density at radius 3 is 3.40 bits per heavy atom. The quantitative estimate of drug-likeness (QED) is 0.431. The lowest BCUT2D eigenvalue weighted by Gasteiger charge is -1.90. The summed E-state index contributed by atoms with van der Waals surface area (Å²) in [6.45, 7) is 0.334. The van der Waals surface area contributed by atoms with E-state index in [2.05, 4.69) is 20.1 Å². The van der Waals surface area contributed by atoms with Gasteiger partial charge in [0.15, 0.2) is 5.65 Å². The van der Waals surface area contributed by atoms with Gasteiger partial charge in [-0.15, -0.1) is 0 Å². The van der Waals surface area contributed by atoms with Crippen LogP contribution in [-0.2, 0) is 0 Å². The zero-order valence-electron chi connectivity index (χ0n) is 7.85. The number of aromatic nitrogens is 3. The average molecular weight is 200 g/mol. The highest BCUT2D eigenvalue weighted by Gasteiger charge is 1.99.